The van der Waals surface area contributed by atoms with Crippen molar-refractivity contribution in [2.45, 2.75) is 13.0 Å². The molecule has 1 amide bonds. The van der Waals surface area contributed by atoms with Gasteiger partial charge in [-0.25, -0.2) is 0 Å². The zero-order valence-electron chi connectivity index (χ0n) is 16.8. The van der Waals surface area contributed by atoms with Gasteiger partial charge >= 0.3 is 0 Å². The van der Waals surface area contributed by atoms with Gasteiger partial charge in [-0.3, -0.25) is 9.59 Å². The van der Waals surface area contributed by atoms with E-state index in [9.17, 15) is 9.59 Å². The predicted molar refractivity (Wildman–Crippen MR) is 117 cm³/mol. The van der Waals surface area contributed by atoms with Crippen molar-refractivity contribution in [1.82, 2.24) is 9.72 Å². The second-order valence-corrected chi connectivity index (χ2v) is 7.07. The summed E-state index contributed by atoms with van der Waals surface area (Å²) in [5.74, 6) is -0.482. The third-order valence-corrected chi connectivity index (χ3v) is 5.15. The number of carbonyl (C=O) groups is 2. The molecule has 0 radical (unpaired) electrons. The maximum absolute atomic E-state index is 13.2. The maximum Gasteiger partial charge on any atom is 0.294 e. The van der Waals surface area contributed by atoms with Gasteiger partial charge < -0.3 is 14.5 Å². The minimum absolute atomic E-state index is 0.279. The Hall–Kier alpha value is -3.86. The highest BCUT2D eigenvalue weighted by Crippen LogP contribution is 2.30. The van der Waals surface area contributed by atoms with Crippen molar-refractivity contribution < 1.29 is 14.3 Å². The number of benzene rings is 2. The number of methoxy groups -OCH3 is 1. The number of pyridine rings is 1. The van der Waals surface area contributed by atoms with Crippen molar-refractivity contribution in [3.8, 4) is 16.9 Å². The van der Waals surface area contributed by atoms with E-state index in [0.29, 0.717) is 11.3 Å². The third kappa shape index (κ3) is 3.70. The molecule has 5 nitrogen and oxygen atoms in total. The molecule has 0 spiro atoms. The summed E-state index contributed by atoms with van der Waals surface area (Å²) in [4.78, 5) is 26.1. The molecule has 30 heavy (non-hydrogen) atoms. The Morgan fingerprint density at radius 1 is 0.933 bits per heavy atom. The van der Waals surface area contributed by atoms with Crippen molar-refractivity contribution in [3.05, 3.63) is 96.3 Å². The van der Waals surface area contributed by atoms with Crippen LogP contribution in [-0.2, 0) is 4.79 Å². The number of Topliss-reactive ketones (excluding diaryl/α,β-unsaturated/α-hetero) is 1. The van der Waals surface area contributed by atoms with Crippen molar-refractivity contribution in [1.29, 1.82) is 0 Å². The Bertz CT molecular complexity index is 1190. The summed E-state index contributed by atoms with van der Waals surface area (Å²) in [7, 11) is 1.61. The minimum Gasteiger partial charge on any atom is -0.497 e. The molecular formula is C25H22N2O3. The van der Waals surface area contributed by atoms with E-state index in [4.69, 9.17) is 4.74 Å². The first-order chi connectivity index (χ1) is 14.6. The van der Waals surface area contributed by atoms with Crippen LogP contribution in [0.1, 0.15) is 29.0 Å². The summed E-state index contributed by atoms with van der Waals surface area (Å²) in [5.41, 5.74) is 3.67. The monoisotopic (exact) mass is 398 g/mol. The van der Waals surface area contributed by atoms with Crippen LogP contribution in [0.4, 0.5) is 0 Å². The zero-order chi connectivity index (χ0) is 21.1. The Kier molecular flexibility index (Phi) is 5.35. The van der Waals surface area contributed by atoms with E-state index in [-0.39, 0.29) is 6.04 Å². The van der Waals surface area contributed by atoms with Gasteiger partial charge in [0.05, 0.1) is 13.2 Å². The number of ether oxygens (including phenoxy) is 1. The molecule has 4 rings (SSSR count). The molecule has 0 saturated heterocycles. The number of nitrogens with zero attached hydrogens (tertiary/aromatic N) is 1. The Morgan fingerprint density at radius 3 is 2.33 bits per heavy atom. The largest absolute Gasteiger partial charge is 0.497 e. The van der Waals surface area contributed by atoms with E-state index >= 15 is 0 Å². The van der Waals surface area contributed by atoms with Gasteiger partial charge in [0.15, 0.2) is 0 Å². The molecule has 2 aromatic carbocycles. The van der Waals surface area contributed by atoms with E-state index in [1.807, 2.05) is 85.8 Å². The summed E-state index contributed by atoms with van der Waals surface area (Å²) in [6.07, 6.45) is 1.80. The van der Waals surface area contributed by atoms with Crippen LogP contribution in [0, 0.1) is 0 Å². The van der Waals surface area contributed by atoms with Gasteiger partial charge in [-0.2, -0.15) is 0 Å². The van der Waals surface area contributed by atoms with Crippen molar-refractivity contribution in [2.75, 3.05) is 7.11 Å². The highest BCUT2D eigenvalue weighted by atomic mass is 16.5. The minimum atomic E-state index is -0.634. The summed E-state index contributed by atoms with van der Waals surface area (Å²) >= 11 is 0. The van der Waals surface area contributed by atoms with Crippen molar-refractivity contribution >= 4 is 17.2 Å². The van der Waals surface area contributed by atoms with Gasteiger partial charge in [0, 0.05) is 17.3 Å². The number of hydrogen-bond acceptors (Lipinski definition) is 3. The SMILES string of the molecule is COc1ccc(-c2cc3ccccn3c2C(=O)C(=O)N[C@@H](C)c2ccccc2)cc1. The van der Waals surface area contributed by atoms with E-state index < -0.39 is 11.7 Å². The topological polar surface area (TPSA) is 59.8 Å². The molecule has 1 atom stereocenters. The lowest BCUT2D eigenvalue weighted by molar-refractivity contribution is -0.117. The quantitative estimate of drug-likeness (QED) is 0.379. The van der Waals surface area contributed by atoms with Gasteiger partial charge in [-0.1, -0.05) is 48.5 Å². The molecule has 0 bridgehead atoms. The number of aromatic nitrogens is 1. The van der Waals surface area contributed by atoms with Crippen LogP contribution < -0.4 is 10.1 Å². The second-order valence-electron chi connectivity index (χ2n) is 7.07. The molecule has 0 fully saturated rings. The van der Waals surface area contributed by atoms with Crippen LogP contribution in [0.5, 0.6) is 5.75 Å². The average Bonchev–Trinajstić information content (AvgIpc) is 3.18. The molecule has 0 saturated carbocycles. The van der Waals surface area contributed by atoms with Gasteiger partial charge in [-0.15, -0.1) is 0 Å². The van der Waals surface area contributed by atoms with Gasteiger partial charge in [-0.05, 0) is 48.4 Å². The van der Waals surface area contributed by atoms with Crippen LogP contribution >= 0.6 is 0 Å². The maximum atomic E-state index is 13.2. The normalized spacial score (nSPS) is 11.8. The van der Waals surface area contributed by atoms with Crippen molar-refractivity contribution in [3.63, 3.8) is 0 Å². The molecule has 2 heterocycles. The number of hydrogen-bond donors (Lipinski definition) is 1. The number of amides is 1. The molecular weight excluding hydrogens is 376 g/mol. The molecule has 2 aromatic heterocycles. The Labute approximate surface area is 174 Å². The number of rotatable bonds is 6. The molecule has 4 aromatic rings. The fourth-order valence-corrected chi connectivity index (χ4v) is 3.54. The number of fused-ring (bicyclic) bond motifs is 1. The summed E-state index contributed by atoms with van der Waals surface area (Å²) in [6.45, 7) is 1.86. The highest BCUT2D eigenvalue weighted by Gasteiger charge is 2.25. The highest BCUT2D eigenvalue weighted by molar-refractivity contribution is 6.43. The summed E-state index contributed by atoms with van der Waals surface area (Å²) in [5, 5.41) is 2.82. The first-order valence-corrected chi connectivity index (χ1v) is 9.73. The molecule has 0 aliphatic rings. The van der Waals surface area contributed by atoms with E-state index in [2.05, 4.69) is 5.32 Å². The molecule has 150 valence electrons. The standard InChI is InChI=1S/C25H22N2O3/c1-17(18-8-4-3-5-9-18)26-25(29)24(28)23-22(16-20-10-6-7-15-27(20)23)19-11-13-21(30-2)14-12-19/h3-17H,1-2H3,(H,26,29)/t17-/m0/s1. The molecule has 0 unspecified atom stereocenters. The number of ketones is 1. The predicted octanol–water partition coefficient (Wildman–Crippen LogP) is 4.68. The molecule has 5 heteroatoms. The average molecular weight is 398 g/mol. The van der Waals surface area contributed by atoms with Crippen LogP contribution in [0.25, 0.3) is 16.6 Å². The molecule has 0 aliphatic carbocycles. The van der Waals surface area contributed by atoms with Crippen LogP contribution in [0.3, 0.4) is 0 Å². The van der Waals surface area contributed by atoms with Crippen LogP contribution in [0.2, 0.25) is 0 Å². The summed E-state index contributed by atoms with van der Waals surface area (Å²) in [6, 6.07) is 24.3. The first kappa shape index (κ1) is 19.5. The van der Waals surface area contributed by atoms with E-state index in [1.54, 1.807) is 17.7 Å². The van der Waals surface area contributed by atoms with Gasteiger partial charge in [0.25, 0.3) is 11.7 Å². The zero-order valence-corrected chi connectivity index (χ0v) is 16.8. The van der Waals surface area contributed by atoms with Crippen LogP contribution in [0.15, 0.2) is 85.1 Å². The molecule has 0 aliphatic heterocycles. The van der Waals surface area contributed by atoms with E-state index in [1.165, 1.54) is 0 Å². The number of carbonyl (C=O) groups excluding carboxylic acids is 2. The first-order valence-electron chi connectivity index (χ1n) is 9.73. The fraction of sp³-hybridized carbons (Fsp3) is 0.120. The smallest absolute Gasteiger partial charge is 0.294 e. The van der Waals surface area contributed by atoms with Crippen molar-refractivity contribution in [2.24, 2.45) is 0 Å². The Morgan fingerprint density at radius 2 is 1.63 bits per heavy atom. The lowest BCUT2D eigenvalue weighted by Crippen LogP contribution is -2.34. The lowest BCUT2D eigenvalue weighted by atomic mass is 10.0. The van der Waals surface area contributed by atoms with Gasteiger partial charge in [0.1, 0.15) is 11.4 Å². The third-order valence-electron chi connectivity index (χ3n) is 5.15. The Balaban J connectivity index is 1.71. The van der Waals surface area contributed by atoms with E-state index in [0.717, 1.165) is 22.4 Å². The summed E-state index contributed by atoms with van der Waals surface area (Å²) < 4.78 is 6.99. The lowest BCUT2D eigenvalue weighted by Gasteiger charge is -2.14. The van der Waals surface area contributed by atoms with Gasteiger partial charge in [0.2, 0.25) is 0 Å². The fourth-order valence-electron chi connectivity index (χ4n) is 3.54. The van der Waals surface area contributed by atoms with Crippen LogP contribution in [-0.4, -0.2) is 23.2 Å². The number of nitrogens with one attached hydrogen (secondary N) is 1. The molecule has 1 N–H and O–H groups in total. The second kappa shape index (κ2) is 8.25.